The molecule has 0 saturated carbocycles. The lowest BCUT2D eigenvalue weighted by atomic mass is 10.1. The molecule has 0 aliphatic carbocycles. The Labute approximate surface area is 159 Å². The third-order valence-electron chi connectivity index (χ3n) is 4.81. The Kier molecular flexibility index (Phi) is 6.90. The van der Waals surface area contributed by atoms with Crippen LogP contribution in [0.4, 0.5) is 0 Å². The molecule has 2 rings (SSSR count). The molecule has 0 bridgehead atoms. The van der Waals surface area contributed by atoms with Gasteiger partial charge in [-0.25, -0.2) is 0 Å². The molecule has 2 atom stereocenters. The van der Waals surface area contributed by atoms with Crippen LogP contribution in [0.5, 0.6) is 17.2 Å². The first-order chi connectivity index (χ1) is 12.9. The monoisotopic (exact) mass is 380 g/mol. The van der Waals surface area contributed by atoms with Gasteiger partial charge in [-0.2, -0.15) is 0 Å². The van der Waals surface area contributed by atoms with E-state index in [2.05, 4.69) is 0 Å². The Morgan fingerprint density at radius 2 is 1.67 bits per heavy atom. The molecule has 2 amide bonds. The zero-order valence-electron chi connectivity index (χ0n) is 16.5. The molecule has 1 aromatic rings. The predicted molar refractivity (Wildman–Crippen MR) is 99.5 cm³/mol. The van der Waals surface area contributed by atoms with Crippen LogP contribution in [0, 0.1) is 0 Å². The number of aliphatic hydroxyl groups is 1. The third kappa shape index (κ3) is 4.10. The normalized spacial score (nSPS) is 19.0. The minimum atomic E-state index is -0.736. The summed E-state index contributed by atoms with van der Waals surface area (Å²) in [7, 11) is 4.42. The fourth-order valence-corrected chi connectivity index (χ4v) is 3.39. The summed E-state index contributed by atoms with van der Waals surface area (Å²) in [6, 6.07) is 2.41. The Balaban J connectivity index is 2.38. The van der Waals surface area contributed by atoms with Crippen molar-refractivity contribution in [3.63, 3.8) is 0 Å². The first-order valence-electron chi connectivity index (χ1n) is 8.99. The van der Waals surface area contributed by atoms with Crippen LogP contribution in [0.2, 0.25) is 0 Å². The van der Waals surface area contributed by atoms with E-state index in [1.807, 2.05) is 13.8 Å². The van der Waals surface area contributed by atoms with Crippen LogP contribution in [0.1, 0.15) is 30.6 Å². The highest BCUT2D eigenvalue weighted by Crippen LogP contribution is 2.39. The molecule has 27 heavy (non-hydrogen) atoms. The van der Waals surface area contributed by atoms with E-state index < -0.39 is 12.1 Å². The molecule has 1 saturated heterocycles. The van der Waals surface area contributed by atoms with Crippen molar-refractivity contribution in [2.24, 2.45) is 0 Å². The van der Waals surface area contributed by atoms with Crippen molar-refractivity contribution in [3.05, 3.63) is 17.7 Å². The maximum atomic E-state index is 13.1. The van der Waals surface area contributed by atoms with Crippen LogP contribution in [0.15, 0.2) is 12.1 Å². The van der Waals surface area contributed by atoms with Gasteiger partial charge in [0.2, 0.25) is 11.7 Å². The highest BCUT2D eigenvalue weighted by Gasteiger charge is 2.41. The number of ether oxygens (including phenoxy) is 3. The van der Waals surface area contributed by atoms with E-state index in [1.54, 1.807) is 17.0 Å². The SMILES string of the molecule is CCN(CC)C(=O)C1CC(O)CN1C(=O)c1cc(OC)c(OC)c(OC)c1. The van der Waals surface area contributed by atoms with Gasteiger partial charge in [0.1, 0.15) is 6.04 Å². The number of carbonyl (C=O) groups is 2. The number of methoxy groups -OCH3 is 3. The van der Waals surface area contributed by atoms with E-state index in [-0.39, 0.29) is 24.8 Å². The van der Waals surface area contributed by atoms with Gasteiger partial charge in [-0.15, -0.1) is 0 Å². The topological polar surface area (TPSA) is 88.5 Å². The number of rotatable bonds is 7. The Bertz CT molecular complexity index is 664. The second-order valence-electron chi connectivity index (χ2n) is 6.29. The molecule has 1 fully saturated rings. The first kappa shape index (κ1) is 20.8. The van der Waals surface area contributed by atoms with Crippen LogP contribution in [-0.2, 0) is 4.79 Å². The van der Waals surface area contributed by atoms with Crippen LogP contribution >= 0.6 is 0 Å². The summed E-state index contributed by atoms with van der Waals surface area (Å²) >= 11 is 0. The van der Waals surface area contributed by atoms with Gasteiger partial charge in [0.25, 0.3) is 5.91 Å². The standard InChI is InChI=1S/C19H28N2O6/c1-6-20(7-2)19(24)14-10-13(22)11-21(14)18(23)12-8-15(25-3)17(27-5)16(9-12)26-4/h8-9,13-14,22H,6-7,10-11H2,1-5H3. The average Bonchev–Trinajstić information content (AvgIpc) is 3.08. The maximum absolute atomic E-state index is 13.1. The van der Waals surface area contributed by atoms with Crippen LogP contribution in [-0.4, -0.2) is 79.8 Å². The number of carbonyl (C=O) groups excluding carboxylic acids is 2. The fourth-order valence-electron chi connectivity index (χ4n) is 3.39. The minimum absolute atomic E-state index is 0.104. The highest BCUT2D eigenvalue weighted by molar-refractivity contribution is 5.99. The molecule has 1 aliphatic rings. The number of likely N-dealkylation sites (tertiary alicyclic amines) is 1. The van der Waals surface area contributed by atoms with E-state index in [0.29, 0.717) is 35.9 Å². The molecular weight excluding hydrogens is 352 g/mol. The Morgan fingerprint density at radius 3 is 2.11 bits per heavy atom. The summed E-state index contributed by atoms with van der Waals surface area (Å²) in [6.07, 6.45) is -0.508. The molecule has 1 aliphatic heterocycles. The number of hydrogen-bond acceptors (Lipinski definition) is 6. The summed E-state index contributed by atoms with van der Waals surface area (Å²) in [5, 5.41) is 10.1. The molecule has 0 spiro atoms. The van der Waals surface area contributed by atoms with E-state index in [9.17, 15) is 14.7 Å². The number of aliphatic hydroxyl groups excluding tert-OH is 1. The summed E-state index contributed by atoms with van der Waals surface area (Å²) in [6.45, 7) is 4.98. The van der Waals surface area contributed by atoms with Gasteiger partial charge in [-0.3, -0.25) is 9.59 Å². The zero-order chi connectivity index (χ0) is 20.1. The van der Waals surface area contributed by atoms with E-state index in [4.69, 9.17) is 14.2 Å². The minimum Gasteiger partial charge on any atom is -0.493 e. The molecule has 2 unspecified atom stereocenters. The van der Waals surface area contributed by atoms with Crippen molar-refractivity contribution < 1.29 is 28.9 Å². The molecule has 0 radical (unpaired) electrons. The second kappa shape index (κ2) is 8.94. The third-order valence-corrected chi connectivity index (χ3v) is 4.81. The van der Waals surface area contributed by atoms with Gasteiger partial charge >= 0.3 is 0 Å². The number of amides is 2. The lowest BCUT2D eigenvalue weighted by molar-refractivity contribution is -0.135. The van der Waals surface area contributed by atoms with Crippen LogP contribution < -0.4 is 14.2 Å². The molecule has 8 heteroatoms. The van der Waals surface area contributed by atoms with Crippen LogP contribution in [0.3, 0.4) is 0 Å². The quantitative estimate of drug-likeness (QED) is 0.764. The zero-order valence-corrected chi connectivity index (χ0v) is 16.5. The number of benzene rings is 1. The number of likely N-dealkylation sites (N-methyl/N-ethyl adjacent to an activating group) is 1. The second-order valence-corrected chi connectivity index (χ2v) is 6.29. The van der Waals surface area contributed by atoms with Gasteiger partial charge in [0.15, 0.2) is 11.5 Å². The van der Waals surface area contributed by atoms with Crippen molar-refractivity contribution in [3.8, 4) is 17.2 Å². The number of nitrogens with zero attached hydrogens (tertiary/aromatic N) is 2. The summed E-state index contributed by atoms with van der Waals surface area (Å²) in [5.74, 6) is 0.570. The molecule has 1 heterocycles. The number of β-amino-alcohol motifs (C(OH)–C–C–N with tert-alkyl or cyclic N) is 1. The maximum Gasteiger partial charge on any atom is 0.254 e. The predicted octanol–water partition coefficient (Wildman–Crippen LogP) is 1.16. The lowest BCUT2D eigenvalue weighted by Gasteiger charge is -2.29. The molecular formula is C19H28N2O6. The highest BCUT2D eigenvalue weighted by atomic mass is 16.5. The molecule has 0 aromatic heterocycles. The lowest BCUT2D eigenvalue weighted by Crippen LogP contribution is -2.47. The smallest absolute Gasteiger partial charge is 0.254 e. The van der Waals surface area contributed by atoms with Crippen molar-refractivity contribution in [1.82, 2.24) is 9.80 Å². The van der Waals surface area contributed by atoms with Gasteiger partial charge in [0, 0.05) is 31.6 Å². The van der Waals surface area contributed by atoms with E-state index in [0.717, 1.165) is 0 Å². The van der Waals surface area contributed by atoms with Crippen molar-refractivity contribution >= 4 is 11.8 Å². The van der Waals surface area contributed by atoms with Gasteiger partial charge in [0.05, 0.1) is 27.4 Å². The Hall–Kier alpha value is -2.48. The summed E-state index contributed by atoms with van der Waals surface area (Å²) in [4.78, 5) is 29.0. The molecule has 1 aromatic carbocycles. The first-order valence-corrected chi connectivity index (χ1v) is 8.99. The van der Waals surface area contributed by atoms with Crippen molar-refractivity contribution in [2.75, 3.05) is 41.0 Å². The van der Waals surface area contributed by atoms with Gasteiger partial charge in [-0.1, -0.05) is 0 Å². The molecule has 8 nitrogen and oxygen atoms in total. The van der Waals surface area contributed by atoms with Gasteiger partial charge < -0.3 is 29.1 Å². The largest absolute Gasteiger partial charge is 0.493 e. The van der Waals surface area contributed by atoms with Crippen molar-refractivity contribution in [2.45, 2.75) is 32.4 Å². The average molecular weight is 380 g/mol. The molecule has 1 N–H and O–H groups in total. The summed E-state index contributed by atoms with van der Waals surface area (Å²) < 4.78 is 15.9. The van der Waals surface area contributed by atoms with Gasteiger partial charge in [-0.05, 0) is 26.0 Å². The van der Waals surface area contributed by atoms with Crippen molar-refractivity contribution in [1.29, 1.82) is 0 Å². The Morgan fingerprint density at radius 1 is 1.11 bits per heavy atom. The van der Waals surface area contributed by atoms with E-state index >= 15 is 0 Å². The fraction of sp³-hybridized carbons (Fsp3) is 0.579. The van der Waals surface area contributed by atoms with E-state index in [1.165, 1.54) is 26.2 Å². The summed E-state index contributed by atoms with van der Waals surface area (Å²) in [5.41, 5.74) is 0.302. The molecule has 150 valence electrons. The van der Waals surface area contributed by atoms with Crippen LogP contribution in [0.25, 0.3) is 0 Å². The number of hydrogen-bond donors (Lipinski definition) is 1.